The highest BCUT2D eigenvalue weighted by Crippen LogP contribution is 2.27. The third-order valence-corrected chi connectivity index (χ3v) is 3.14. The van der Waals surface area contributed by atoms with E-state index in [1.54, 1.807) is 6.20 Å². The summed E-state index contributed by atoms with van der Waals surface area (Å²) in [4.78, 5) is 6.89. The fourth-order valence-corrected chi connectivity index (χ4v) is 2.08. The summed E-state index contributed by atoms with van der Waals surface area (Å²) in [6.07, 6.45) is 4.36. The summed E-state index contributed by atoms with van der Waals surface area (Å²) >= 11 is 4.99. The molecule has 0 spiro atoms. The highest BCUT2D eigenvalue weighted by molar-refractivity contribution is 7.80. The Bertz CT molecular complexity index is 554. The van der Waals surface area contributed by atoms with E-state index in [9.17, 15) is 0 Å². The van der Waals surface area contributed by atoms with Gasteiger partial charge in [-0.1, -0.05) is 30.4 Å². The van der Waals surface area contributed by atoms with Crippen LogP contribution < -0.4 is 10.6 Å². The Morgan fingerprint density at radius 3 is 2.63 bits per heavy atom. The van der Waals surface area contributed by atoms with Gasteiger partial charge in [0.25, 0.3) is 0 Å². The maximum atomic E-state index is 5.63. The van der Waals surface area contributed by atoms with Crippen molar-refractivity contribution in [2.75, 3.05) is 11.4 Å². The van der Waals surface area contributed by atoms with Gasteiger partial charge in [-0.15, -0.1) is 0 Å². The third kappa shape index (κ3) is 3.51. The van der Waals surface area contributed by atoms with E-state index in [2.05, 4.69) is 28.9 Å². The zero-order chi connectivity index (χ0) is 13.7. The highest BCUT2D eigenvalue weighted by atomic mass is 32.1. The molecular formula is C15H17N3S. The van der Waals surface area contributed by atoms with Crippen LogP contribution in [0.4, 0.5) is 11.4 Å². The number of aromatic nitrogens is 1. The number of para-hydroxylation sites is 1. The Hall–Kier alpha value is -1.94. The summed E-state index contributed by atoms with van der Waals surface area (Å²) in [6, 6.07) is 12.2. The molecule has 19 heavy (non-hydrogen) atoms. The fourth-order valence-electron chi connectivity index (χ4n) is 1.99. The number of thiocarbonyl (C=S) groups is 1. The fraction of sp³-hybridized carbons (Fsp3) is 0.200. The number of hydrogen-bond acceptors (Lipinski definition) is 3. The first-order valence-corrected chi connectivity index (χ1v) is 6.61. The molecule has 0 atom stereocenters. The van der Waals surface area contributed by atoms with Crippen LogP contribution >= 0.6 is 12.2 Å². The molecule has 1 aromatic carbocycles. The van der Waals surface area contributed by atoms with Crippen LogP contribution in [-0.2, 0) is 0 Å². The molecule has 2 rings (SSSR count). The minimum Gasteiger partial charge on any atom is -0.393 e. The lowest BCUT2D eigenvalue weighted by Crippen LogP contribution is -2.23. The van der Waals surface area contributed by atoms with Gasteiger partial charge in [0.1, 0.15) is 0 Å². The van der Waals surface area contributed by atoms with Gasteiger partial charge in [-0.2, -0.15) is 0 Å². The molecule has 0 aliphatic heterocycles. The van der Waals surface area contributed by atoms with Crippen molar-refractivity contribution in [2.45, 2.75) is 13.3 Å². The normalized spacial score (nSPS) is 10.2. The number of hydrogen-bond donors (Lipinski definition) is 1. The van der Waals surface area contributed by atoms with Crippen molar-refractivity contribution in [1.29, 1.82) is 0 Å². The molecule has 0 aliphatic rings. The molecule has 0 radical (unpaired) electrons. The van der Waals surface area contributed by atoms with Gasteiger partial charge >= 0.3 is 0 Å². The number of nitrogens with zero attached hydrogens (tertiary/aromatic N) is 2. The second-order valence-corrected chi connectivity index (χ2v) is 4.89. The van der Waals surface area contributed by atoms with Gasteiger partial charge < -0.3 is 10.6 Å². The summed E-state index contributed by atoms with van der Waals surface area (Å²) in [5.74, 6) is 0. The second kappa shape index (κ2) is 6.29. The molecule has 0 bridgehead atoms. The number of nitrogens with two attached hydrogens (primary N) is 1. The van der Waals surface area contributed by atoms with E-state index in [4.69, 9.17) is 18.0 Å². The summed E-state index contributed by atoms with van der Waals surface area (Å²) in [5, 5.41) is 0. The molecule has 0 saturated heterocycles. The van der Waals surface area contributed by atoms with Crippen LogP contribution in [0, 0.1) is 6.92 Å². The number of rotatable bonds is 5. The highest BCUT2D eigenvalue weighted by Gasteiger charge is 2.11. The molecule has 2 aromatic rings. The maximum absolute atomic E-state index is 5.63. The summed E-state index contributed by atoms with van der Waals surface area (Å²) in [7, 11) is 0. The first-order valence-electron chi connectivity index (χ1n) is 6.20. The van der Waals surface area contributed by atoms with Gasteiger partial charge in [0.05, 0.1) is 4.99 Å². The average Bonchev–Trinajstić information content (AvgIpc) is 2.42. The van der Waals surface area contributed by atoms with E-state index in [1.165, 1.54) is 0 Å². The molecule has 0 amide bonds. The van der Waals surface area contributed by atoms with E-state index >= 15 is 0 Å². The topological polar surface area (TPSA) is 42.2 Å². The lowest BCUT2D eigenvalue weighted by Gasteiger charge is -2.26. The van der Waals surface area contributed by atoms with Crippen LogP contribution in [0.5, 0.6) is 0 Å². The van der Waals surface area contributed by atoms with Gasteiger partial charge in [0.2, 0.25) is 0 Å². The first kappa shape index (κ1) is 13.5. The summed E-state index contributed by atoms with van der Waals surface area (Å²) < 4.78 is 0. The Balaban J connectivity index is 2.35. The Morgan fingerprint density at radius 1 is 1.26 bits per heavy atom. The lowest BCUT2D eigenvalue weighted by molar-refractivity contribution is 0.958. The second-order valence-electron chi connectivity index (χ2n) is 4.37. The van der Waals surface area contributed by atoms with Crippen molar-refractivity contribution in [1.82, 2.24) is 4.98 Å². The zero-order valence-electron chi connectivity index (χ0n) is 10.9. The van der Waals surface area contributed by atoms with Crippen molar-refractivity contribution in [3.8, 4) is 0 Å². The zero-order valence-corrected chi connectivity index (χ0v) is 11.7. The molecule has 0 saturated carbocycles. The predicted molar refractivity (Wildman–Crippen MR) is 83.8 cm³/mol. The molecule has 1 aromatic heterocycles. The molecule has 4 heteroatoms. The van der Waals surface area contributed by atoms with Crippen LogP contribution in [0.25, 0.3) is 0 Å². The van der Waals surface area contributed by atoms with E-state index < -0.39 is 0 Å². The number of benzene rings is 1. The van der Waals surface area contributed by atoms with Gasteiger partial charge in [-0.25, -0.2) is 0 Å². The molecule has 1 heterocycles. The summed E-state index contributed by atoms with van der Waals surface area (Å²) in [6.45, 7) is 2.82. The predicted octanol–water partition coefficient (Wildman–Crippen LogP) is 3.20. The van der Waals surface area contributed by atoms with E-state index in [-0.39, 0.29) is 0 Å². The van der Waals surface area contributed by atoms with Crippen LogP contribution in [-0.4, -0.2) is 16.5 Å². The van der Waals surface area contributed by atoms with Crippen molar-refractivity contribution < 1.29 is 0 Å². The van der Waals surface area contributed by atoms with Gasteiger partial charge in [0, 0.05) is 36.7 Å². The van der Waals surface area contributed by atoms with Crippen molar-refractivity contribution in [3.63, 3.8) is 0 Å². The van der Waals surface area contributed by atoms with Crippen molar-refractivity contribution >= 4 is 28.6 Å². The Labute approximate surface area is 119 Å². The van der Waals surface area contributed by atoms with Crippen LogP contribution in [0.1, 0.15) is 12.0 Å². The minimum absolute atomic E-state index is 0.535. The van der Waals surface area contributed by atoms with Crippen LogP contribution in [0.2, 0.25) is 0 Å². The number of pyridine rings is 1. The van der Waals surface area contributed by atoms with Gasteiger partial charge in [-0.3, -0.25) is 4.98 Å². The Kier molecular flexibility index (Phi) is 4.47. The maximum Gasteiger partial charge on any atom is 0.0745 e. The quantitative estimate of drug-likeness (QED) is 0.848. The third-order valence-electron chi connectivity index (χ3n) is 2.93. The lowest BCUT2D eigenvalue weighted by atomic mass is 10.2. The smallest absolute Gasteiger partial charge is 0.0745 e. The molecule has 0 unspecified atom stereocenters. The SMILES string of the molecule is Cc1cnccc1N(CCC(N)=S)c1ccccc1. The standard InChI is InChI=1S/C15H17N3S/c1-12-11-17-9-7-14(12)18(10-8-15(16)19)13-5-3-2-4-6-13/h2-7,9,11H,8,10H2,1H3,(H2,16,19). The van der Waals surface area contributed by atoms with E-state index in [1.807, 2.05) is 30.5 Å². The monoisotopic (exact) mass is 271 g/mol. The molecule has 2 N–H and O–H groups in total. The molecule has 0 fully saturated rings. The molecule has 0 aliphatic carbocycles. The Morgan fingerprint density at radius 2 is 2.00 bits per heavy atom. The molecular weight excluding hydrogens is 254 g/mol. The van der Waals surface area contributed by atoms with Gasteiger partial charge in [0.15, 0.2) is 0 Å². The van der Waals surface area contributed by atoms with Gasteiger partial charge in [-0.05, 0) is 30.7 Å². The first-order chi connectivity index (χ1) is 9.18. The number of aryl methyl sites for hydroxylation is 1. The van der Waals surface area contributed by atoms with Crippen LogP contribution in [0.3, 0.4) is 0 Å². The van der Waals surface area contributed by atoms with E-state index in [0.29, 0.717) is 11.4 Å². The molecule has 3 nitrogen and oxygen atoms in total. The van der Waals surface area contributed by atoms with Crippen molar-refractivity contribution in [2.24, 2.45) is 5.73 Å². The van der Waals surface area contributed by atoms with Crippen LogP contribution in [0.15, 0.2) is 48.8 Å². The molecule has 98 valence electrons. The summed E-state index contributed by atoms with van der Waals surface area (Å²) in [5.41, 5.74) is 9.03. The minimum atomic E-state index is 0.535. The van der Waals surface area contributed by atoms with E-state index in [0.717, 1.165) is 23.5 Å². The van der Waals surface area contributed by atoms with Crippen molar-refractivity contribution in [3.05, 3.63) is 54.4 Å². The number of anilines is 2. The average molecular weight is 271 g/mol. The largest absolute Gasteiger partial charge is 0.393 e.